The number of amides is 2. The first kappa shape index (κ1) is 26.5. The molecule has 1 aliphatic heterocycles. The molecule has 5 N–H and O–H groups in total. The SMILES string of the molecule is COC(=O)Cc1ccc2c(c1)NC(=O)CCCCC[C@H](NC(=O)c1ccc(C(=N)N)cc1)c1cc-2ccn1. The number of esters is 1. The Kier molecular flexibility index (Phi) is 8.47. The third kappa shape index (κ3) is 6.61. The molecule has 0 fully saturated rings. The first-order chi connectivity index (χ1) is 18.3. The summed E-state index contributed by atoms with van der Waals surface area (Å²) in [5.41, 5.74) is 10.2. The molecule has 0 saturated carbocycles. The molecule has 1 aliphatic rings. The highest BCUT2D eigenvalue weighted by atomic mass is 16.5. The molecule has 0 spiro atoms. The van der Waals surface area contributed by atoms with E-state index in [0.29, 0.717) is 41.8 Å². The second kappa shape index (κ2) is 12.1. The number of hydrogen-bond acceptors (Lipinski definition) is 6. The highest BCUT2D eigenvalue weighted by Gasteiger charge is 2.20. The van der Waals surface area contributed by atoms with Gasteiger partial charge in [0, 0.05) is 35.0 Å². The second-order valence-electron chi connectivity index (χ2n) is 9.27. The third-order valence-electron chi connectivity index (χ3n) is 6.54. The molecule has 9 heteroatoms. The quantitative estimate of drug-likeness (QED) is 0.229. The van der Waals surface area contributed by atoms with E-state index in [2.05, 4.69) is 15.6 Å². The molecule has 2 bridgehead atoms. The molecule has 196 valence electrons. The van der Waals surface area contributed by atoms with Gasteiger partial charge in [-0.15, -0.1) is 0 Å². The molecule has 2 aromatic carbocycles. The monoisotopic (exact) mass is 513 g/mol. The number of pyridine rings is 1. The summed E-state index contributed by atoms with van der Waals surface area (Å²) >= 11 is 0. The number of nitrogens with two attached hydrogens (primary N) is 1. The lowest BCUT2D eigenvalue weighted by atomic mass is 9.98. The van der Waals surface area contributed by atoms with Crippen molar-refractivity contribution in [2.75, 3.05) is 12.4 Å². The zero-order valence-corrected chi connectivity index (χ0v) is 21.3. The first-order valence-electron chi connectivity index (χ1n) is 12.6. The molecule has 1 atom stereocenters. The molecule has 4 rings (SSSR count). The number of amidine groups is 1. The number of ether oxygens (including phenoxy) is 1. The number of fused-ring (bicyclic) bond motifs is 4. The minimum absolute atomic E-state index is 0.0566. The van der Waals surface area contributed by atoms with E-state index < -0.39 is 0 Å². The van der Waals surface area contributed by atoms with Crippen molar-refractivity contribution in [3.05, 3.63) is 83.2 Å². The summed E-state index contributed by atoms with van der Waals surface area (Å²) in [5.74, 6) is -0.749. The lowest BCUT2D eigenvalue weighted by Gasteiger charge is -2.20. The average Bonchev–Trinajstić information content (AvgIpc) is 2.92. The number of anilines is 1. The number of nitrogens with one attached hydrogen (secondary N) is 3. The van der Waals surface area contributed by atoms with E-state index in [0.717, 1.165) is 29.5 Å². The van der Waals surface area contributed by atoms with Crippen molar-refractivity contribution < 1.29 is 19.1 Å². The Balaban J connectivity index is 1.66. The van der Waals surface area contributed by atoms with Gasteiger partial charge in [0.15, 0.2) is 0 Å². The fourth-order valence-electron chi connectivity index (χ4n) is 4.46. The van der Waals surface area contributed by atoms with Gasteiger partial charge >= 0.3 is 5.97 Å². The summed E-state index contributed by atoms with van der Waals surface area (Å²) in [5, 5.41) is 13.7. The normalized spacial score (nSPS) is 15.5. The number of carbonyl (C=O) groups is 3. The van der Waals surface area contributed by atoms with Crippen LogP contribution < -0.4 is 16.4 Å². The molecule has 1 aromatic heterocycles. The lowest BCUT2D eigenvalue weighted by molar-refractivity contribution is -0.139. The van der Waals surface area contributed by atoms with Crippen molar-refractivity contribution in [2.45, 2.75) is 44.6 Å². The fourth-order valence-corrected chi connectivity index (χ4v) is 4.46. The van der Waals surface area contributed by atoms with Crippen LogP contribution in [0.4, 0.5) is 5.69 Å². The largest absolute Gasteiger partial charge is 0.469 e. The number of methoxy groups -OCH3 is 1. The summed E-state index contributed by atoms with van der Waals surface area (Å²) in [6.45, 7) is 0. The number of rotatable bonds is 5. The van der Waals surface area contributed by atoms with E-state index in [1.165, 1.54) is 7.11 Å². The number of nitrogens with zero attached hydrogens (tertiary/aromatic N) is 1. The van der Waals surface area contributed by atoms with Crippen molar-refractivity contribution in [3.8, 4) is 11.1 Å². The molecule has 2 amide bonds. The van der Waals surface area contributed by atoms with Crippen LogP contribution in [0.15, 0.2) is 60.8 Å². The first-order valence-corrected chi connectivity index (χ1v) is 12.6. The minimum atomic E-state index is -0.360. The van der Waals surface area contributed by atoms with E-state index in [-0.39, 0.29) is 36.1 Å². The molecule has 0 aliphatic carbocycles. The number of aromatic nitrogens is 1. The molecular formula is C29H31N5O4. The van der Waals surface area contributed by atoms with E-state index in [4.69, 9.17) is 15.9 Å². The average molecular weight is 514 g/mol. The van der Waals surface area contributed by atoms with Crippen LogP contribution in [0.3, 0.4) is 0 Å². The maximum atomic E-state index is 13.1. The Morgan fingerprint density at radius 3 is 2.58 bits per heavy atom. The molecular weight excluding hydrogens is 482 g/mol. The molecule has 0 unspecified atom stereocenters. The van der Waals surface area contributed by atoms with Crippen LogP contribution in [0.25, 0.3) is 11.1 Å². The topological polar surface area (TPSA) is 147 Å². The third-order valence-corrected chi connectivity index (χ3v) is 6.54. The van der Waals surface area contributed by atoms with Gasteiger partial charge in [-0.2, -0.15) is 0 Å². The molecule has 2 heterocycles. The summed E-state index contributed by atoms with van der Waals surface area (Å²) in [6, 6.07) is 15.5. The van der Waals surface area contributed by atoms with Gasteiger partial charge in [0.25, 0.3) is 5.91 Å². The van der Waals surface area contributed by atoms with E-state index >= 15 is 0 Å². The van der Waals surface area contributed by atoms with Gasteiger partial charge in [-0.25, -0.2) is 0 Å². The van der Waals surface area contributed by atoms with Gasteiger partial charge in [0.05, 0.1) is 25.3 Å². The Hall–Kier alpha value is -4.53. The van der Waals surface area contributed by atoms with Crippen LogP contribution in [0.2, 0.25) is 0 Å². The van der Waals surface area contributed by atoms with Crippen molar-refractivity contribution >= 4 is 29.3 Å². The van der Waals surface area contributed by atoms with Crippen molar-refractivity contribution in [2.24, 2.45) is 5.73 Å². The molecule has 38 heavy (non-hydrogen) atoms. The number of hydrogen-bond donors (Lipinski definition) is 4. The highest BCUT2D eigenvalue weighted by Crippen LogP contribution is 2.32. The second-order valence-corrected chi connectivity index (χ2v) is 9.27. The summed E-state index contributed by atoms with van der Waals surface area (Å²) in [6.07, 6.45) is 5.17. The minimum Gasteiger partial charge on any atom is -0.469 e. The zero-order chi connectivity index (χ0) is 27.1. The predicted octanol–water partition coefficient (Wildman–Crippen LogP) is 4.12. The van der Waals surface area contributed by atoms with Crippen LogP contribution >= 0.6 is 0 Å². The van der Waals surface area contributed by atoms with E-state index in [1.807, 2.05) is 24.3 Å². The Morgan fingerprint density at radius 1 is 1.08 bits per heavy atom. The van der Waals surface area contributed by atoms with Crippen LogP contribution in [0.5, 0.6) is 0 Å². The molecule has 9 nitrogen and oxygen atoms in total. The van der Waals surface area contributed by atoms with Gasteiger partial charge in [-0.3, -0.25) is 24.8 Å². The van der Waals surface area contributed by atoms with Gasteiger partial charge in [0.1, 0.15) is 5.84 Å². The maximum absolute atomic E-state index is 13.1. The Morgan fingerprint density at radius 2 is 1.84 bits per heavy atom. The summed E-state index contributed by atoms with van der Waals surface area (Å²) in [7, 11) is 1.34. The fraction of sp³-hybridized carbons (Fsp3) is 0.276. The zero-order valence-electron chi connectivity index (χ0n) is 21.3. The summed E-state index contributed by atoms with van der Waals surface area (Å²) in [4.78, 5) is 42.2. The highest BCUT2D eigenvalue weighted by molar-refractivity contribution is 5.98. The Bertz CT molecular complexity index is 1350. The number of benzene rings is 2. The van der Waals surface area contributed by atoms with Crippen LogP contribution in [-0.2, 0) is 20.7 Å². The standard InChI is InChI=1S/C29H31N5O4/c1-38-27(36)16-18-7-12-22-21-13-14-32-25(17-21)23(5-3-2-4-6-26(35)33-24(22)15-18)34-29(37)20-10-8-19(9-11-20)28(30)31/h7-15,17,23H,2-6,16H2,1H3,(H3,30,31)(H,33,35)(H,34,37)/t23-/m0/s1. The van der Waals surface area contributed by atoms with Gasteiger partial charge in [-0.05, 0) is 54.3 Å². The van der Waals surface area contributed by atoms with Crippen molar-refractivity contribution in [1.29, 1.82) is 5.41 Å². The summed E-state index contributed by atoms with van der Waals surface area (Å²) < 4.78 is 4.79. The van der Waals surface area contributed by atoms with Gasteiger partial charge in [-0.1, -0.05) is 37.1 Å². The molecule has 3 aromatic rings. The van der Waals surface area contributed by atoms with E-state index in [9.17, 15) is 14.4 Å². The maximum Gasteiger partial charge on any atom is 0.309 e. The van der Waals surface area contributed by atoms with Crippen LogP contribution in [-0.4, -0.2) is 35.7 Å². The number of nitrogen functional groups attached to an aromatic ring is 1. The Labute approximate surface area is 221 Å². The van der Waals surface area contributed by atoms with Crippen molar-refractivity contribution in [3.63, 3.8) is 0 Å². The smallest absolute Gasteiger partial charge is 0.309 e. The molecule has 0 saturated heterocycles. The van der Waals surface area contributed by atoms with Crippen molar-refractivity contribution in [1.82, 2.24) is 10.3 Å². The van der Waals surface area contributed by atoms with E-state index in [1.54, 1.807) is 36.5 Å². The number of carbonyl (C=O) groups excluding carboxylic acids is 3. The van der Waals surface area contributed by atoms with Gasteiger partial charge < -0.3 is 21.1 Å². The van der Waals surface area contributed by atoms with Crippen LogP contribution in [0, 0.1) is 5.41 Å². The lowest BCUT2D eigenvalue weighted by Crippen LogP contribution is -2.29. The van der Waals surface area contributed by atoms with Gasteiger partial charge in [0.2, 0.25) is 5.91 Å². The molecule has 0 radical (unpaired) electrons. The predicted molar refractivity (Wildman–Crippen MR) is 145 cm³/mol. The van der Waals surface area contributed by atoms with Crippen LogP contribution in [0.1, 0.15) is 65.3 Å².